The molecule has 1 fully saturated rings. The van der Waals surface area contributed by atoms with E-state index in [4.69, 9.17) is 9.88 Å². The average Bonchev–Trinajstić information content (AvgIpc) is 2.64. The fourth-order valence-electron chi connectivity index (χ4n) is 2.21. The minimum atomic E-state index is -3.62. The molecule has 0 aromatic heterocycles. The molecule has 5 heteroatoms. The van der Waals surface area contributed by atoms with Crippen LogP contribution >= 0.6 is 0 Å². The van der Waals surface area contributed by atoms with Crippen molar-refractivity contribution in [3.05, 3.63) is 24.3 Å². The molecule has 1 aromatic rings. The van der Waals surface area contributed by atoms with Crippen molar-refractivity contribution in [1.82, 2.24) is 0 Å². The highest BCUT2D eigenvalue weighted by Gasteiger charge is 2.30. The summed E-state index contributed by atoms with van der Waals surface area (Å²) in [7, 11) is -3.62. The van der Waals surface area contributed by atoms with Crippen LogP contribution in [-0.4, -0.2) is 14.0 Å². The predicted octanol–water partition coefficient (Wildman–Crippen LogP) is 2.05. The van der Waals surface area contributed by atoms with E-state index in [-0.39, 0.29) is 10.5 Å². The number of hydrogen-bond donors (Lipinski definition) is 1. The second-order valence-corrected chi connectivity index (χ2v) is 6.34. The van der Waals surface area contributed by atoms with Crippen molar-refractivity contribution in [3.63, 3.8) is 0 Å². The van der Waals surface area contributed by atoms with E-state index < -0.39 is 10.0 Å². The Morgan fingerprint density at radius 3 is 2.18 bits per heavy atom. The summed E-state index contributed by atoms with van der Waals surface area (Å²) < 4.78 is 28.1. The third-order valence-electron chi connectivity index (χ3n) is 3.18. The highest BCUT2D eigenvalue weighted by molar-refractivity contribution is 7.89. The van der Waals surface area contributed by atoms with Gasteiger partial charge in [-0.3, -0.25) is 0 Å². The molecule has 0 heterocycles. The maximum atomic E-state index is 11.1. The van der Waals surface area contributed by atoms with Crippen LogP contribution in [0.5, 0.6) is 5.75 Å². The number of benzene rings is 1. The van der Waals surface area contributed by atoms with Crippen LogP contribution < -0.4 is 9.88 Å². The Labute approximate surface area is 102 Å². The first kappa shape index (κ1) is 12.4. The Morgan fingerprint density at radius 2 is 1.71 bits per heavy atom. The molecule has 2 rings (SSSR count). The zero-order valence-corrected chi connectivity index (χ0v) is 10.7. The van der Waals surface area contributed by atoms with Gasteiger partial charge >= 0.3 is 0 Å². The molecule has 0 unspecified atom stereocenters. The van der Waals surface area contributed by atoms with Gasteiger partial charge < -0.3 is 4.74 Å². The third kappa shape index (κ3) is 2.98. The second kappa shape index (κ2) is 4.31. The minimum Gasteiger partial charge on any atom is -0.488 e. The summed E-state index contributed by atoms with van der Waals surface area (Å²) in [5.41, 5.74) is -0.108. The molecule has 4 nitrogen and oxygen atoms in total. The highest BCUT2D eigenvalue weighted by atomic mass is 32.2. The molecule has 1 aliphatic rings. The molecule has 1 saturated carbocycles. The first-order valence-electron chi connectivity index (χ1n) is 5.71. The summed E-state index contributed by atoms with van der Waals surface area (Å²) in [6, 6.07) is 6.26. The number of primary sulfonamides is 1. The molecule has 0 amide bonds. The van der Waals surface area contributed by atoms with Gasteiger partial charge in [0, 0.05) is 0 Å². The summed E-state index contributed by atoms with van der Waals surface area (Å²) in [5, 5.41) is 5.03. The molecule has 0 saturated heterocycles. The van der Waals surface area contributed by atoms with E-state index in [1.807, 2.05) is 0 Å². The molecule has 17 heavy (non-hydrogen) atoms. The van der Waals surface area contributed by atoms with Crippen molar-refractivity contribution >= 4 is 10.0 Å². The first-order valence-corrected chi connectivity index (χ1v) is 7.26. The van der Waals surface area contributed by atoms with Crippen LogP contribution in [0.4, 0.5) is 0 Å². The van der Waals surface area contributed by atoms with Crippen LogP contribution in [0.15, 0.2) is 29.2 Å². The summed E-state index contributed by atoms with van der Waals surface area (Å²) >= 11 is 0. The molecule has 94 valence electrons. The number of hydrogen-bond acceptors (Lipinski definition) is 3. The Hall–Kier alpha value is -1.07. The van der Waals surface area contributed by atoms with E-state index in [0.717, 1.165) is 12.8 Å². The van der Waals surface area contributed by atoms with E-state index in [9.17, 15) is 8.42 Å². The van der Waals surface area contributed by atoms with Gasteiger partial charge in [-0.1, -0.05) is 0 Å². The van der Waals surface area contributed by atoms with Crippen LogP contribution in [0.1, 0.15) is 32.6 Å². The Kier molecular flexibility index (Phi) is 3.14. The van der Waals surface area contributed by atoms with E-state index in [2.05, 4.69) is 6.92 Å². The zero-order valence-electron chi connectivity index (χ0n) is 9.85. The van der Waals surface area contributed by atoms with E-state index in [0.29, 0.717) is 5.75 Å². The fourth-order valence-corrected chi connectivity index (χ4v) is 2.72. The maximum absolute atomic E-state index is 11.1. The molecule has 0 bridgehead atoms. The van der Waals surface area contributed by atoms with Gasteiger partial charge in [0.05, 0.1) is 4.90 Å². The van der Waals surface area contributed by atoms with Gasteiger partial charge in [0.25, 0.3) is 0 Å². The molecule has 1 aliphatic carbocycles. The predicted molar refractivity (Wildman–Crippen MR) is 65.3 cm³/mol. The third-order valence-corrected chi connectivity index (χ3v) is 4.11. The Bertz CT molecular complexity index is 487. The van der Waals surface area contributed by atoms with Gasteiger partial charge in [0.2, 0.25) is 10.0 Å². The van der Waals surface area contributed by atoms with Crippen LogP contribution in [0.25, 0.3) is 0 Å². The van der Waals surface area contributed by atoms with Crippen molar-refractivity contribution in [3.8, 4) is 5.75 Å². The van der Waals surface area contributed by atoms with E-state index in [1.165, 1.54) is 25.0 Å². The largest absolute Gasteiger partial charge is 0.488 e. The van der Waals surface area contributed by atoms with Gasteiger partial charge in [0.15, 0.2) is 0 Å². The average molecular weight is 255 g/mol. The number of ether oxygens (including phenoxy) is 1. The summed E-state index contributed by atoms with van der Waals surface area (Å²) in [5.74, 6) is 0.696. The Morgan fingerprint density at radius 1 is 1.18 bits per heavy atom. The van der Waals surface area contributed by atoms with Crippen LogP contribution in [0.2, 0.25) is 0 Å². The lowest BCUT2D eigenvalue weighted by molar-refractivity contribution is 0.0967. The van der Waals surface area contributed by atoms with E-state index in [1.54, 1.807) is 12.1 Å². The Balaban J connectivity index is 2.13. The molecule has 0 aliphatic heterocycles. The normalized spacial score (nSPS) is 19.2. The lowest BCUT2D eigenvalue weighted by Crippen LogP contribution is -2.28. The number of rotatable bonds is 3. The lowest BCUT2D eigenvalue weighted by atomic mass is 10.1. The topological polar surface area (TPSA) is 69.4 Å². The monoisotopic (exact) mass is 255 g/mol. The van der Waals surface area contributed by atoms with Gasteiger partial charge in [-0.15, -0.1) is 0 Å². The van der Waals surface area contributed by atoms with Gasteiger partial charge in [0.1, 0.15) is 11.4 Å². The van der Waals surface area contributed by atoms with Crippen LogP contribution in [-0.2, 0) is 10.0 Å². The SMILES string of the molecule is CC1(Oc2ccc(S(N)(=O)=O)cc2)CCCC1. The summed E-state index contributed by atoms with van der Waals surface area (Å²) in [6.07, 6.45) is 4.46. The molecular formula is C12H17NO3S. The van der Waals surface area contributed by atoms with Crippen LogP contribution in [0.3, 0.4) is 0 Å². The van der Waals surface area contributed by atoms with Crippen LogP contribution in [0, 0.1) is 0 Å². The minimum absolute atomic E-state index is 0.108. The number of sulfonamides is 1. The van der Waals surface area contributed by atoms with Crippen molar-refractivity contribution in [2.24, 2.45) is 5.14 Å². The quantitative estimate of drug-likeness (QED) is 0.898. The smallest absolute Gasteiger partial charge is 0.238 e. The highest BCUT2D eigenvalue weighted by Crippen LogP contribution is 2.34. The van der Waals surface area contributed by atoms with Crippen molar-refractivity contribution in [2.45, 2.75) is 43.1 Å². The lowest BCUT2D eigenvalue weighted by Gasteiger charge is -2.25. The van der Waals surface area contributed by atoms with Crippen molar-refractivity contribution < 1.29 is 13.2 Å². The van der Waals surface area contributed by atoms with Crippen molar-refractivity contribution in [1.29, 1.82) is 0 Å². The molecular weight excluding hydrogens is 238 g/mol. The van der Waals surface area contributed by atoms with E-state index >= 15 is 0 Å². The first-order chi connectivity index (χ1) is 7.89. The number of nitrogens with two attached hydrogens (primary N) is 1. The summed E-state index contributed by atoms with van der Waals surface area (Å²) in [4.78, 5) is 0.112. The molecule has 2 N–H and O–H groups in total. The molecule has 1 aromatic carbocycles. The van der Waals surface area contributed by atoms with Crippen molar-refractivity contribution in [2.75, 3.05) is 0 Å². The van der Waals surface area contributed by atoms with Gasteiger partial charge in [-0.2, -0.15) is 0 Å². The molecule has 0 radical (unpaired) electrons. The molecule has 0 spiro atoms. The van der Waals surface area contributed by atoms with Gasteiger partial charge in [-0.05, 0) is 56.9 Å². The van der Waals surface area contributed by atoms with Gasteiger partial charge in [-0.25, -0.2) is 13.6 Å². The zero-order chi connectivity index (χ0) is 12.5. The molecule has 0 atom stereocenters. The fraction of sp³-hybridized carbons (Fsp3) is 0.500. The summed E-state index contributed by atoms with van der Waals surface area (Å²) in [6.45, 7) is 2.09. The second-order valence-electron chi connectivity index (χ2n) is 4.78. The standard InChI is InChI=1S/C12H17NO3S/c1-12(8-2-3-9-12)16-10-4-6-11(7-5-10)17(13,14)15/h4-7H,2-3,8-9H2,1H3,(H2,13,14,15). The maximum Gasteiger partial charge on any atom is 0.238 e.